The zero-order valence-corrected chi connectivity index (χ0v) is 24.0. The van der Waals surface area contributed by atoms with E-state index < -0.39 is 0 Å². The molecule has 1 fully saturated rings. The highest BCUT2D eigenvalue weighted by Crippen LogP contribution is 2.48. The van der Waals surface area contributed by atoms with Gasteiger partial charge in [0, 0.05) is 30.5 Å². The lowest BCUT2D eigenvalue weighted by atomic mass is 9.87. The molecular formula is C38H40N2. The molecule has 0 aromatic heterocycles. The second-order valence-corrected chi connectivity index (χ2v) is 12.9. The lowest BCUT2D eigenvalue weighted by molar-refractivity contribution is 0.519. The summed E-state index contributed by atoms with van der Waals surface area (Å²) in [5.74, 6) is 0.740. The van der Waals surface area contributed by atoms with E-state index in [0.29, 0.717) is 6.04 Å². The molecule has 1 atom stereocenters. The highest BCUT2D eigenvalue weighted by atomic mass is 15.1. The van der Waals surface area contributed by atoms with E-state index in [4.69, 9.17) is 0 Å². The first-order valence-corrected chi connectivity index (χ1v) is 15.6. The van der Waals surface area contributed by atoms with Crippen molar-refractivity contribution in [1.82, 2.24) is 5.32 Å². The molecule has 5 aliphatic rings. The maximum Gasteiger partial charge on any atom is 0.0539 e. The highest BCUT2D eigenvalue weighted by molar-refractivity contribution is 5.83. The molecule has 2 nitrogen and oxygen atoms in total. The van der Waals surface area contributed by atoms with Crippen LogP contribution in [0.25, 0.3) is 16.3 Å². The molecule has 1 unspecified atom stereocenters. The van der Waals surface area contributed by atoms with Crippen molar-refractivity contribution in [3.05, 3.63) is 117 Å². The Morgan fingerprint density at radius 1 is 0.825 bits per heavy atom. The van der Waals surface area contributed by atoms with Gasteiger partial charge in [-0.2, -0.15) is 0 Å². The number of aryl methyl sites for hydroxylation is 1. The number of benzene rings is 3. The van der Waals surface area contributed by atoms with Crippen molar-refractivity contribution in [2.45, 2.75) is 77.2 Å². The van der Waals surface area contributed by atoms with Crippen LogP contribution in [0.4, 0.5) is 5.69 Å². The molecule has 0 spiro atoms. The van der Waals surface area contributed by atoms with Crippen molar-refractivity contribution in [1.29, 1.82) is 0 Å². The zero-order valence-electron chi connectivity index (χ0n) is 24.0. The normalized spacial score (nSPS) is 20.9. The number of nitrogens with one attached hydrogen (secondary N) is 1. The number of hydrogen-bond donors (Lipinski definition) is 1. The van der Waals surface area contributed by atoms with Gasteiger partial charge in [-0.15, -0.1) is 0 Å². The summed E-state index contributed by atoms with van der Waals surface area (Å²) < 4.78 is 0. The molecule has 202 valence electrons. The standard InChI is InChI=1S/C38H40N2/c1-24-35-22-32(40(2)33-21-31-20-29-9-5-6-10-34(29)36(31)23-33)17-15-26(35)16-18-37(24)39-38(27-12-13-27)30-14-11-25-7-3-4-8-28(25)19-30/h3-4,7-8,11,14-15,17,19,21-22,27,38-39H,5-6,9-10,12-13,16,18,20,23H2,1-2H3. The van der Waals surface area contributed by atoms with E-state index in [1.54, 1.807) is 22.3 Å². The van der Waals surface area contributed by atoms with Gasteiger partial charge < -0.3 is 10.2 Å². The van der Waals surface area contributed by atoms with Crippen molar-refractivity contribution in [2.24, 2.45) is 5.92 Å². The molecule has 2 heteroatoms. The second kappa shape index (κ2) is 9.54. The summed E-state index contributed by atoms with van der Waals surface area (Å²) in [6.45, 7) is 2.34. The van der Waals surface area contributed by atoms with Crippen molar-refractivity contribution in [3.63, 3.8) is 0 Å². The predicted octanol–water partition coefficient (Wildman–Crippen LogP) is 9.55. The van der Waals surface area contributed by atoms with E-state index in [1.165, 1.54) is 95.1 Å². The molecule has 5 aliphatic carbocycles. The van der Waals surface area contributed by atoms with E-state index >= 15 is 0 Å². The number of rotatable bonds is 6. The summed E-state index contributed by atoms with van der Waals surface area (Å²) in [7, 11) is 2.27. The van der Waals surface area contributed by atoms with Gasteiger partial charge in [-0.3, -0.25) is 0 Å². The molecule has 1 saturated carbocycles. The van der Waals surface area contributed by atoms with Crippen molar-refractivity contribution < 1.29 is 0 Å². The number of anilines is 1. The van der Waals surface area contributed by atoms with E-state index in [9.17, 15) is 0 Å². The van der Waals surface area contributed by atoms with Crippen LogP contribution in [-0.2, 0) is 6.42 Å². The van der Waals surface area contributed by atoms with Gasteiger partial charge in [0.2, 0.25) is 0 Å². The van der Waals surface area contributed by atoms with Gasteiger partial charge in [-0.05, 0) is 145 Å². The van der Waals surface area contributed by atoms with E-state index in [1.807, 2.05) is 0 Å². The van der Waals surface area contributed by atoms with Crippen LogP contribution in [0, 0.1) is 5.92 Å². The van der Waals surface area contributed by atoms with Crippen LogP contribution >= 0.6 is 0 Å². The van der Waals surface area contributed by atoms with Gasteiger partial charge in [0.15, 0.2) is 0 Å². The Labute approximate surface area is 239 Å². The molecule has 3 aromatic carbocycles. The Hall–Kier alpha value is -3.52. The smallest absolute Gasteiger partial charge is 0.0539 e. The van der Waals surface area contributed by atoms with Crippen molar-refractivity contribution >= 4 is 22.0 Å². The number of nitrogens with zero attached hydrogens (tertiary/aromatic N) is 1. The molecule has 0 aliphatic heterocycles. The Morgan fingerprint density at radius 3 is 2.55 bits per heavy atom. The Kier molecular flexibility index (Phi) is 5.80. The molecular weight excluding hydrogens is 484 g/mol. The van der Waals surface area contributed by atoms with E-state index in [-0.39, 0.29) is 0 Å². The summed E-state index contributed by atoms with van der Waals surface area (Å²) >= 11 is 0. The van der Waals surface area contributed by atoms with Gasteiger partial charge in [-0.1, -0.05) is 48.0 Å². The first-order valence-electron chi connectivity index (χ1n) is 15.6. The third-order valence-electron chi connectivity index (χ3n) is 10.4. The van der Waals surface area contributed by atoms with Crippen LogP contribution in [-0.4, -0.2) is 7.05 Å². The van der Waals surface area contributed by atoms with E-state index in [2.05, 4.69) is 90.9 Å². The fraction of sp³-hybridized carbons (Fsp3) is 0.368. The SMILES string of the molecule is CC1=C(NC(c2ccc3ccccc3c2)C2CC2)CCc2ccc(N(C)C3=CC4=C(C3)C3=C(CCCC3)C4)cc21. The quantitative estimate of drug-likeness (QED) is 0.345. The molecule has 0 saturated heterocycles. The van der Waals surface area contributed by atoms with E-state index in [0.717, 1.165) is 25.2 Å². The Balaban J connectivity index is 1.05. The topological polar surface area (TPSA) is 15.3 Å². The van der Waals surface area contributed by atoms with Crippen molar-refractivity contribution in [2.75, 3.05) is 11.9 Å². The largest absolute Gasteiger partial charge is 0.381 e. The minimum Gasteiger partial charge on any atom is -0.381 e. The van der Waals surface area contributed by atoms with Crippen LogP contribution in [0.1, 0.15) is 87.4 Å². The minimum absolute atomic E-state index is 0.401. The fourth-order valence-corrected chi connectivity index (χ4v) is 7.85. The molecule has 8 rings (SSSR count). The maximum absolute atomic E-state index is 4.09. The highest BCUT2D eigenvalue weighted by Gasteiger charge is 2.34. The molecule has 40 heavy (non-hydrogen) atoms. The third kappa shape index (κ3) is 4.15. The molecule has 0 amide bonds. The predicted molar refractivity (Wildman–Crippen MR) is 168 cm³/mol. The lowest BCUT2D eigenvalue weighted by Crippen LogP contribution is -2.25. The molecule has 0 bridgehead atoms. The van der Waals surface area contributed by atoms with Gasteiger partial charge in [0.25, 0.3) is 0 Å². The first kappa shape index (κ1) is 24.3. The molecule has 3 aromatic rings. The summed E-state index contributed by atoms with van der Waals surface area (Å²) in [5, 5.41) is 6.76. The Morgan fingerprint density at radius 2 is 1.68 bits per heavy atom. The van der Waals surface area contributed by atoms with Crippen molar-refractivity contribution in [3.8, 4) is 0 Å². The van der Waals surface area contributed by atoms with Crippen LogP contribution in [0.15, 0.2) is 100 Å². The average molecular weight is 525 g/mol. The number of fused-ring (bicyclic) bond motifs is 3. The zero-order chi connectivity index (χ0) is 26.8. The minimum atomic E-state index is 0.401. The van der Waals surface area contributed by atoms with Gasteiger partial charge in [0.05, 0.1) is 6.04 Å². The number of allylic oxidation sites excluding steroid dienone is 7. The fourth-order valence-electron chi connectivity index (χ4n) is 7.85. The maximum atomic E-state index is 4.09. The summed E-state index contributed by atoms with van der Waals surface area (Å²) in [6.07, 6.45) is 15.1. The van der Waals surface area contributed by atoms with Crippen LogP contribution in [0.2, 0.25) is 0 Å². The first-order chi connectivity index (χ1) is 19.6. The summed E-state index contributed by atoms with van der Waals surface area (Å²) in [4.78, 5) is 2.46. The van der Waals surface area contributed by atoms with Gasteiger partial charge >= 0.3 is 0 Å². The summed E-state index contributed by atoms with van der Waals surface area (Å²) in [6, 6.07) is 23.4. The van der Waals surface area contributed by atoms with Gasteiger partial charge in [0.1, 0.15) is 0 Å². The lowest BCUT2D eigenvalue weighted by Gasteiger charge is -2.29. The molecule has 0 heterocycles. The Bertz CT molecular complexity index is 1660. The molecule has 1 N–H and O–H groups in total. The molecule has 0 radical (unpaired) electrons. The van der Waals surface area contributed by atoms with Crippen LogP contribution < -0.4 is 10.2 Å². The second-order valence-electron chi connectivity index (χ2n) is 12.9. The number of hydrogen-bond acceptors (Lipinski definition) is 2. The third-order valence-corrected chi connectivity index (χ3v) is 10.4. The average Bonchev–Trinajstić information content (AvgIpc) is 3.66. The summed E-state index contributed by atoms with van der Waals surface area (Å²) in [5.41, 5.74) is 16.7. The van der Waals surface area contributed by atoms with Crippen LogP contribution in [0.5, 0.6) is 0 Å². The van der Waals surface area contributed by atoms with Crippen LogP contribution in [0.3, 0.4) is 0 Å². The monoisotopic (exact) mass is 524 g/mol. The van der Waals surface area contributed by atoms with Gasteiger partial charge in [-0.25, -0.2) is 0 Å².